The summed E-state index contributed by atoms with van der Waals surface area (Å²) in [5, 5.41) is 16.0. The van der Waals surface area contributed by atoms with Gasteiger partial charge in [-0.1, -0.05) is 18.2 Å². The van der Waals surface area contributed by atoms with E-state index in [-0.39, 0.29) is 24.2 Å². The molecule has 0 spiro atoms. The monoisotopic (exact) mass is 486 g/mol. The summed E-state index contributed by atoms with van der Waals surface area (Å²) >= 11 is 0. The first kappa shape index (κ1) is 23.3. The van der Waals surface area contributed by atoms with Crippen LogP contribution in [0.1, 0.15) is 36.1 Å². The maximum Gasteiger partial charge on any atom is 0.272 e. The first-order valence-electron chi connectivity index (χ1n) is 11.6. The average Bonchev–Trinajstić information content (AvgIpc) is 3.24. The highest BCUT2D eigenvalue weighted by atomic mass is 16.5. The van der Waals surface area contributed by atoms with Gasteiger partial charge in [-0.15, -0.1) is 5.10 Å². The zero-order valence-electron chi connectivity index (χ0n) is 20.5. The normalized spacial score (nSPS) is 14.7. The Bertz CT molecular complexity index is 1430. The van der Waals surface area contributed by atoms with Gasteiger partial charge in [-0.2, -0.15) is 14.9 Å². The summed E-state index contributed by atoms with van der Waals surface area (Å²) in [7, 11) is 3.21. The summed E-state index contributed by atoms with van der Waals surface area (Å²) in [5.74, 6) is 2.43. The Labute approximate surface area is 208 Å². The van der Waals surface area contributed by atoms with Crippen molar-refractivity contribution in [1.82, 2.24) is 25.0 Å². The maximum atomic E-state index is 12.8. The van der Waals surface area contributed by atoms with Gasteiger partial charge in [-0.25, -0.2) is 4.98 Å². The van der Waals surface area contributed by atoms with Gasteiger partial charge < -0.3 is 19.5 Å². The molecule has 0 aliphatic carbocycles. The summed E-state index contributed by atoms with van der Waals surface area (Å²) in [6.45, 7) is 4.33. The van der Waals surface area contributed by atoms with Crippen molar-refractivity contribution < 1.29 is 19.0 Å². The second-order valence-corrected chi connectivity index (χ2v) is 8.28. The predicted octanol–water partition coefficient (Wildman–Crippen LogP) is 3.92. The molecule has 36 heavy (non-hydrogen) atoms. The van der Waals surface area contributed by atoms with Crippen molar-refractivity contribution in [3.63, 3.8) is 0 Å². The third kappa shape index (κ3) is 4.21. The highest BCUT2D eigenvalue weighted by Crippen LogP contribution is 2.42. The predicted molar refractivity (Wildman–Crippen MR) is 133 cm³/mol. The van der Waals surface area contributed by atoms with Gasteiger partial charge in [0.2, 0.25) is 5.91 Å². The van der Waals surface area contributed by atoms with Gasteiger partial charge in [0.25, 0.3) is 5.95 Å². The van der Waals surface area contributed by atoms with Crippen LogP contribution in [0.4, 0.5) is 5.82 Å². The number of anilines is 1. The Balaban J connectivity index is 1.58. The summed E-state index contributed by atoms with van der Waals surface area (Å²) in [6, 6.07) is 13.3. The number of aromatic nitrogens is 5. The highest BCUT2D eigenvalue weighted by molar-refractivity contribution is 5.95. The largest absolute Gasteiger partial charge is 0.497 e. The van der Waals surface area contributed by atoms with E-state index in [0.717, 1.165) is 22.4 Å². The SMILES string of the molecule is CCOc1cc(C2CC(=O)Nc3c2c(C)nn3-c2nncc(-c3cccc(OC)c3)n2)ccc1OC. The number of rotatable bonds is 7. The van der Waals surface area contributed by atoms with E-state index in [9.17, 15) is 4.79 Å². The van der Waals surface area contributed by atoms with Crippen LogP contribution < -0.4 is 19.5 Å². The average molecular weight is 487 g/mol. The molecule has 184 valence electrons. The molecule has 1 aliphatic rings. The Morgan fingerprint density at radius 2 is 1.97 bits per heavy atom. The van der Waals surface area contributed by atoms with Crippen molar-refractivity contribution in [2.75, 3.05) is 26.1 Å². The molecule has 0 saturated heterocycles. The van der Waals surface area contributed by atoms with Crippen molar-refractivity contribution >= 4 is 11.7 Å². The van der Waals surface area contributed by atoms with Crippen LogP contribution in [0.15, 0.2) is 48.7 Å². The second-order valence-electron chi connectivity index (χ2n) is 8.28. The van der Waals surface area contributed by atoms with Crippen LogP contribution in [0.25, 0.3) is 17.2 Å². The molecule has 10 heteroatoms. The molecule has 0 saturated carbocycles. The number of ether oxygens (including phenoxy) is 3. The summed E-state index contributed by atoms with van der Waals surface area (Å²) in [5.41, 5.74) is 4.03. The number of hydrogen-bond acceptors (Lipinski definition) is 8. The van der Waals surface area contributed by atoms with Crippen molar-refractivity contribution in [2.45, 2.75) is 26.2 Å². The fourth-order valence-corrected chi connectivity index (χ4v) is 4.46. The fourth-order valence-electron chi connectivity index (χ4n) is 4.46. The van der Waals surface area contributed by atoms with E-state index in [4.69, 9.17) is 14.2 Å². The molecule has 1 aliphatic heterocycles. The van der Waals surface area contributed by atoms with E-state index >= 15 is 0 Å². The molecule has 0 radical (unpaired) electrons. The van der Waals surface area contributed by atoms with Crippen molar-refractivity contribution in [3.05, 3.63) is 65.5 Å². The lowest BCUT2D eigenvalue weighted by molar-refractivity contribution is -0.116. The third-order valence-electron chi connectivity index (χ3n) is 6.10. The van der Waals surface area contributed by atoms with E-state index in [1.165, 1.54) is 0 Å². The summed E-state index contributed by atoms with van der Waals surface area (Å²) in [6.07, 6.45) is 1.86. The number of carbonyl (C=O) groups is 1. The highest BCUT2D eigenvalue weighted by Gasteiger charge is 2.34. The van der Waals surface area contributed by atoms with Crippen molar-refractivity contribution in [1.29, 1.82) is 0 Å². The quantitative estimate of drug-likeness (QED) is 0.418. The van der Waals surface area contributed by atoms with Crippen LogP contribution in [0, 0.1) is 6.92 Å². The van der Waals surface area contributed by atoms with Gasteiger partial charge in [0, 0.05) is 23.5 Å². The van der Waals surface area contributed by atoms with E-state index in [2.05, 4.69) is 25.6 Å². The Kier molecular flexibility index (Phi) is 6.24. The molecule has 1 N–H and O–H groups in total. The molecule has 1 atom stereocenters. The lowest BCUT2D eigenvalue weighted by atomic mass is 9.85. The maximum absolute atomic E-state index is 12.8. The molecular weight excluding hydrogens is 460 g/mol. The summed E-state index contributed by atoms with van der Waals surface area (Å²) in [4.78, 5) is 17.5. The standard InChI is InChI=1S/C26H26N6O4/c1-5-36-22-12-16(9-10-21(22)35-4)19-13-23(33)29-25-24(19)15(2)31-32(25)26-28-20(14-27-30-26)17-7-6-8-18(11-17)34-3/h6-12,14,19H,5,13H2,1-4H3,(H,29,33). The fraction of sp³-hybridized carbons (Fsp3) is 0.269. The molecule has 0 fully saturated rings. The minimum absolute atomic E-state index is 0.126. The number of nitrogens with one attached hydrogen (secondary N) is 1. The number of benzene rings is 2. The van der Waals surface area contributed by atoms with Crippen molar-refractivity contribution in [3.8, 4) is 34.5 Å². The topological polar surface area (TPSA) is 113 Å². The van der Waals surface area contributed by atoms with Crippen LogP contribution >= 0.6 is 0 Å². The molecule has 2 aromatic carbocycles. The lowest BCUT2D eigenvalue weighted by Crippen LogP contribution is -2.25. The summed E-state index contributed by atoms with van der Waals surface area (Å²) < 4.78 is 18.1. The number of methoxy groups -OCH3 is 2. The minimum atomic E-state index is -0.220. The molecule has 5 rings (SSSR count). The molecule has 1 unspecified atom stereocenters. The van der Waals surface area contributed by atoms with Crippen LogP contribution in [0.3, 0.4) is 0 Å². The first-order valence-corrected chi connectivity index (χ1v) is 11.6. The number of hydrogen-bond donors (Lipinski definition) is 1. The van der Waals surface area contributed by atoms with Gasteiger partial charge in [-0.3, -0.25) is 4.79 Å². The van der Waals surface area contributed by atoms with Crippen LogP contribution in [0.5, 0.6) is 17.2 Å². The molecule has 4 aromatic rings. The van der Waals surface area contributed by atoms with Gasteiger partial charge >= 0.3 is 0 Å². The number of aryl methyl sites for hydroxylation is 1. The van der Waals surface area contributed by atoms with E-state index in [1.54, 1.807) is 25.1 Å². The van der Waals surface area contributed by atoms with E-state index in [1.807, 2.05) is 56.3 Å². The van der Waals surface area contributed by atoms with Crippen LogP contribution in [-0.2, 0) is 4.79 Å². The number of fused-ring (bicyclic) bond motifs is 1. The third-order valence-corrected chi connectivity index (χ3v) is 6.10. The molecule has 2 aromatic heterocycles. The van der Waals surface area contributed by atoms with Crippen LogP contribution in [0.2, 0.25) is 0 Å². The smallest absolute Gasteiger partial charge is 0.272 e. The Morgan fingerprint density at radius 1 is 1.11 bits per heavy atom. The molecule has 1 amide bonds. The molecule has 0 bridgehead atoms. The number of nitrogens with zero attached hydrogens (tertiary/aromatic N) is 5. The zero-order valence-corrected chi connectivity index (χ0v) is 20.5. The van der Waals surface area contributed by atoms with Gasteiger partial charge in [0.1, 0.15) is 11.6 Å². The first-order chi connectivity index (χ1) is 17.5. The Hall–Kier alpha value is -4.47. The molecular formula is C26H26N6O4. The van der Waals surface area contributed by atoms with Gasteiger partial charge in [-0.05, 0) is 43.7 Å². The number of carbonyl (C=O) groups excluding carboxylic acids is 1. The van der Waals surface area contributed by atoms with Crippen molar-refractivity contribution in [2.24, 2.45) is 0 Å². The minimum Gasteiger partial charge on any atom is -0.497 e. The molecule has 10 nitrogen and oxygen atoms in total. The van der Waals surface area contributed by atoms with E-state index < -0.39 is 0 Å². The molecule has 3 heterocycles. The van der Waals surface area contributed by atoms with Crippen LogP contribution in [-0.4, -0.2) is 51.7 Å². The zero-order chi connectivity index (χ0) is 25.2. The van der Waals surface area contributed by atoms with Gasteiger partial charge in [0.05, 0.1) is 38.4 Å². The van der Waals surface area contributed by atoms with E-state index in [0.29, 0.717) is 35.4 Å². The second kappa shape index (κ2) is 9.65. The lowest BCUT2D eigenvalue weighted by Gasteiger charge is -2.25. The van der Waals surface area contributed by atoms with Gasteiger partial charge in [0.15, 0.2) is 11.5 Å². The number of amides is 1. The Morgan fingerprint density at radius 3 is 2.75 bits per heavy atom.